The van der Waals surface area contributed by atoms with Crippen molar-refractivity contribution in [3.05, 3.63) is 100.0 Å². The monoisotopic (exact) mass is 479 g/mol. The molecule has 1 amide bonds. The number of nitrogens with zero attached hydrogens (tertiary/aromatic N) is 2. The van der Waals surface area contributed by atoms with Crippen molar-refractivity contribution in [2.45, 2.75) is 37.8 Å². The minimum atomic E-state index is -3.53. The number of hydrogen-bond acceptors (Lipinski definition) is 4. The molecule has 0 saturated carbocycles. The molecule has 0 bridgehead atoms. The molecule has 0 spiro atoms. The number of rotatable bonds is 7. The van der Waals surface area contributed by atoms with E-state index in [9.17, 15) is 18.0 Å². The molecule has 1 aliphatic rings. The summed E-state index contributed by atoms with van der Waals surface area (Å²) < 4.78 is 28.8. The second-order valence-corrected chi connectivity index (χ2v) is 10.6. The van der Waals surface area contributed by atoms with Crippen LogP contribution in [-0.4, -0.2) is 36.3 Å². The van der Waals surface area contributed by atoms with Gasteiger partial charge in [0, 0.05) is 37.8 Å². The summed E-state index contributed by atoms with van der Waals surface area (Å²) in [6, 6.07) is 19.7. The van der Waals surface area contributed by atoms with Crippen LogP contribution in [0, 0.1) is 12.8 Å². The maximum Gasteiger partial charge on any atom is 0.250 e. The Morgan fingerprint density at radius 3 is 2.24 bits per heavy atom. The van der Waals surface area contributed by atoms with Crippen molar-refractivity contribution in [2.24, 2.45) is 5.92 Å². The molecule has 1 N–H and O–H groups in total. The van der Waals surface area contributed by atoms with Crippen LogP contribution in [0.1, 0.15) is 29.5 Å². The lowest BCUT2D eigenvalue weighted by Crippen LogP contribution is -2.42. The molecule has 0 aliphatic carbocycles. The van der Waals surface area contributed by atoms with Crippen molar-refractivity contribution in [3.63, 3.8) is 0 Å². The number of pyridine rings is 1. The van der Waals surface area contributed by atoms with Gasteiger partial charge in [0.05, 0.1) is 11.4 Å². The van der Waals surface area contributed by atoms with Crippen molar-refractivity contribution in [2.75, 3.05) is 13.1 Å². The summed E-state index contributed by atoms with van der Waals surface area (Å²) in [5.74, 6) is -0.249. The number of piperidine rings is 1. The van der Waals surface area contributed by atoms with Crippen LogP contribution >= 0.6 is 0 Å². The van der Waals surface area contributed by atoms with Gasteiger partial charge in [0.25, 0.3) is 5.56 Å². The molecule has 2 aromatic carbocycles. The number of aromatic nitrogens is 1. The molecule has 34 heavy (non-hydrogen) atoms. The summed E-state index contributed by atoms with van der Waals surface area (Å²) in [4.78, 5) is 24.8. The minimum absolute atomic E-state index is 0.0449. The van der Waals surface area contributed by atoms with Gasteiger partial charge in [0.2, 0.25) is 15.9 Å². The normalized spacial score (nSPS) is 15.2. The predicted octanol–water partition coefficient (Wildman–Crippen LogP) is 2.92. The van der Waals surface area contributed by atoms with E-state index < -0.39 is 10.0 Å². The van der Waals surface area contributed by atoms with Crippen LogP contribution in [0.2, 0.25) is 0 Å². The molecule has 0 unspecified atom stereocenters. The summed E-state index contributed by atoms with van der Waals surface area (Å²) in [6.45, 7) is 3.49. The fourth-order valence-electron chi connectivity index (χ4n) is 4.10. The van der Waals surface area contributed by atoms with Crippen LogP contribution in [0.15, 0.2) is 82.6 Å². The Hall–Kier alpha value is -3.23. The highest BCUT2D eigenvalue weighted by molar-refractivity contribution is 7.89. The van der Waals surface area contributed by atoms with E-state index in [1.807, 2.05) is 37.3 Å². The fraction of sp³-hybridized carbons (Fsp3) is 0.308. The first-order valence-electron chi connectivity index (χ1n) is 11.4. The van der Waals surface area contributed by atoms with Gasteiger partial charge >= 0.3 is 0 Å². The molecular weight excluding hydrogens is 450 g/mol. The Labute approximate surface area is 200 Å². The lowest BCUT2D eigenvalue weighted by molar-refractivity contribution is -0.126. The molecule has 0 radical (unpaired) electrons. The zero-order valence-electron chi connectivity index (χ0n) is 19.2. The third-order valence-corrected chi connectivity index (χ3v) is 8.14. The molecule has 1 saturated heterocycles. The molecular formula is C26H29N3O4S. The standard InChI is InChI=1S/C26H29N3O4S/c1-20-5-11-24(12-6-20)34(32,33)29-16-13-23(14-17-29)26(31)27-18-21-7-9-22(10-8-21)19-28-15-3-2-4-25(28)30/h2-12,15,23H,13-14,16-19H2,1H3,(H,27,31). The van der Waals surface area contributed by atoms with Gasteiger partial charge in [-0.3, -0.25) is 9.59 Å². The Morgan fingerprint density at radius 2 is 1.59 bits per heavy atom. The van der Waals surface area contributed by atoms with Gasteiger partial charge in [-0.2, -0.15) is 4.31 Å². The van der Waals surface area contributed by atoms with Gasteiger partial charge in [0.15, 0.2) is 0 Å². The molecule has 3 aromatic rings. The smallest absolute Gasteiger partial charge is 0.250 e. The number of carbonyl (C=O) groups excluding carboxylic acids is 1. The molecule has 0 atom stereocenters. The van der Waals surface area contributed by atoms with Crippen molar-refractivity contribution in [1.29, 1.82) is 0 Å². The fourth-order valence-corrected chi connectivity index (χ4v) is 5.57. The third kappa shape index (κ3) is 5.63. The zero-order chi connectivity index (χ0) is 24.1. The molecule has 1 aliphatic heterocycles. The molecule has 4 rings (SSSR count). The summed E-state index contributed by atoms with van der Waals surface area (Å²) in [5.41, 5.74) is 2.94. The van der Waals surface area contributed by atoms with E-state index >= 15 is 0 Å². The quantitative estimate of drug-likeness (QED) is 0.564. The van der Waals surface area contributed by atoms with Crippen LogP contribution in [0.4, 0.5) is 0 Å². The highest BCUT2D eigenvalue weighted by Gasteiger charge is 2.31. The van der Waals surface area contributed by atoms with Crippen LogP contribution in [0.5, 0.6) is 0 Å². The van der Waals surface area contributed by atoms with Crippen molar-refractivity contribution < 1.29 is 13.2 Å². The number of hydrogen-bond donors (Lipinski definition) is 1. The summed E-state index contributed by atoms with van der Waals surface area (Å²) in [6.07, 6.45) is 2.76. The maximum atomic E-state index is 12.9. The minimum Gasteiger partial charge on any atom is -0.352 e. The number of carbonyl (C=O) groups is 1. The van der Waals surface area contributed by atoms with E-state index in [4.69, 9.17) is 0 Å². The van der Waals surface area contributed by atoms with Crippen LogP contribution in [-0.2, 0) is 27.9 Å². The van der Waals surface area contributed by atoms with Crippen LogP contribution in [0.25, 0.3) is 0 Å². The predicted molar refractivity (Wildman–Crippen MR) is 131 cm³/mol. The summed E-state index contributed by atoms with van der Waals surface area (Å²) in [7, 11) is -3.53. The molecule has 2 heterocycles. The van der Waals surface area contributed by atoms with Gasteiger partial charge in [0.1, 0.15) is 0 Å². The Balaban J connectivity index is 1.27. The average molecular weight is 480 g/mol. The van der Waals surface area contributed by atoms with Crippen LogP contribution < -0.4 is 10.9 Å². The average Bonchev–Trinajstić information content (AvgIpc) is 2.85. The highest BCUT2D eigenvalue weighted by Crippen LogP contribution is 2.24. The first kappa shape index (κ1) is 23.9. The van der Waals surface area contributed by atoms with Crippen molar-refractivity contribution >= 4 is 15.9 Å². The van der Waals surface area contributed by atoms with Gasteiger partial charge in [-0.05, 0) is 49.1 Å². The Bertz CT molecular complexity index is 1290. The maximum absolute atomic E-state index is 12.9. The number of amides is 1. The summed E-state index contributed by atoms with van der Waals surface area (Å²) in [5, 5.41) is 2.98. The van der Waals surface area contributed by atoms with Gasteiger partial charge < -0.3 is 9.88 Å². The number of sulfonamides is 1. The van der Waals surface area contributed by atoms with E-state index in [1.54, 1.807) is 41.1 Å². The largest absolute Gasteiger partial charge is 0.352 e. The molecule has 8 heteroatoms. The van der Waals surface area contributed by atoms with Crippen molar-refractivity contribution in [1.82, 2.24) is 14.2 Å². The van der Waals surface area contributed by atoms with Gasteiger partial charge in [-0.1, -0.05) is 48.0 Å². The molecule has 7 nitrogen and oxygen atoms in total. The Kier molecular flexibility index (Phi) is 7.29. The topological polar surface area (TPSA) is 88.5 Å². The third-order valence-electron chi connectivity index (χ3n) is 6.23. The number of benzene rings is 2. The molecule has 1 aromatic heterocycles. The van der Waals surface area contributed by atoms with E-state index in [0.29, 0.717) is 43.9 Å². The van der Waals surface area contributed by atoms with Gasteiger partial charge in [-0.25, -0.2) is 8.42 Å². The molecule has 1 fully saturated rings. The second kappa shape index (κ2) is 10.4. The number of aryl methyl sites for hydroxylation is 1. The first-order chi connectivity index (χ1) is 16.3. The van der Waals surface area contributed by atoms with E-state index in [1.165, 1.54) is 10.4 Å². The van der Waals surface area contributed by atoms with E-state index in [0.717, 1.165) is 16.7 Å². The van der Waals surface area contributed by atoms with E-state index in [2.05, 4.69) is 5.32 Å². The zero-order valence-corrected chi connectivity index (χ0v) is 20.0. The molecule has 178 valence electrons. The first-order valence-corrected chi connectivity index (χ1v) is 12.8. The lowest BCUT2D eigenvalue weighted by Gasteiger charge is -2.30. The van der Waals surface area contributed by atoms with Crippen LogP contribution in [0.3, 0.4) is 0 Å². The number of nitrogens with one attached hydrogen (secondary N) is 1. The Morgan fingerprint density at radius 1 is 0.941 bits per heavy atom. The second-order valence-electron chi connectivity index (χ2n) is 8.69. The summed E-state index contributed by atoms with van der Waals surface area (Å²) >= 11 is 0. The lowest BCUT2D eigenvalue weighted by atomic mass is 9.97. The van der Waals surface area contributed by atoms with Crippen molar-refractivity contribution in [3.8, 4) is 0 Å². The SMILES string of the molecule is Cc1ccc(S(=O)(=O)N2CCC(C(=O)NCc3ccc(Cn4ccccc4=O)cc3)CC2)cc1. The highest BCUT2D eigenvalue weighted by atomic mass is 32.2. The van der Waals surface area contributed by atoms with Gasteiger partial charge in [-0.15, -0.1) is 0 Å². The van der Waals surface area contributed by atoms with E-state index in [-0.39, 0.29) is 17.4 Å².